The Morgan fingerprint density at radius 3 is 1.60 bits per heavy atom. The third kappa shape index (κ3) is 6.92. The summed E-state index contributed by atoms with van der Waals surface area (Å²) < 4.78 is 8.84. The van der Waals surface area contributed by atoms with Crippen molar-refractivity contribution in [3.63, 3.8) is 0 Å². The molecule has 0 rings (SSSR count). The molecule has 0 heterocycles. The Hall–Kier alpha value is 2.92. The van der Waals surface area contributed by atoms with Gasteiger partial charge in [0, 0.05) is 0 Å². The molecule has 34 valence electrons. The first-order chi connectivity index (χ1) is 2.41. The molecular formula is Gd2O2S. The molecule has 5 heteroatoms. The fourth-order valence-corrected chi connectivity index (χ4v) is 1.40. The maximum absolute atomic E-state index is 4.42. The van der Waals surface area contributed by atoms with Crippen LogP contribution in [0.5, 0.6) is 0 Å². The second kappa shape index (κ2) is 6.92. The van der Waals surface area contributed by atoms with Gasteiger partial charge in [-0.15, -0.1) is 0 Å². The standard InChI is InChI=1S/2Gd.H2O2S/c;;1-3-2/h;;1-2H/q2*+1;/p-2. The van der Waals surface area contributed by atoms with Gasteiger partial charge in [-0.2, -0.15) is 0 Å². The zero-order chi connectivity index (χ0) is 4.12. The van der Waals surface area contributed by atoms with E-state index in [-0.39, 0.29) is 0 Å². The van der Waals surface area contributed by atoms with E-state index in [0.717, 1.165) is 12.3 Å². The molecule has 0 saturated carbocycles. The fourth-order valence-electron chi connectivity index (χ4n) is 0.00851. The van der Waals surface area contributed by atoms with Crippen molar-refractivity contribution in [2.24, 2.45) is 0 Å². The number of rotatable bonds is 2. The van der Waals surface area contributed by atoms with Gasteiger partial charge in [-0.1, -0.05) is 0 Å². The monoisotopic (exact) mass is 380 g/mol. The van der Waals surface area contributed by atoms with Crippen LogP contribution in [-0.4, -0.2) is 0 Å². The minimum atomic E-state index is 0.988. The van der Waals surface area contributed by atoms with E-state index in [4.69, 9.17) is 0 Å². The summed E-state index contributed by atoms with van der Waals surface area (Å²) in [5.74, 6) is 0. The van der Waals surface area contributed by atoms with E-state index >= 15 is 0 Å². The molecule has 0 aromatic carbocycles. The average molecular weight is 379 g/mol. The average Bonchev–Trinajstić information content (AvgIpc) is 1.41. The van der Waals surface area contributed by atoms with Gasteiger partial charge in [-0.05, 0) is 0 Å². The summed E-state index contributed by atoms with van der Waals surface area (Å²) in [4.78, 5) is 0. The Balaban J connectivity index is 2.19. The molecule has 0 fully saturated rings. The summed E-state index contributed by atoms with van der Waals surface area (Å²) >= 11 is 3.77. The van der Waals surface area contributed by atoms with Gasteiger partial charge in [-0.25, -0.2) is 0 Å². The molecule has 0 saturated heterocycles. The minimum absolute atomic E-state index is 0.988. The van der Waals surface area contributed by atoms with Crippen molar-refractivity contribution < 1.29 is 78.2 Å². The molecule has 0 aromatic rings. The van der Waals surface area contributed by atoms with Crippen molar-refractivity contribution in [2.75, 3.05) is 0 Å². The Labute approximate surface area is 88.1 Å². The Kier molecular flexibility index (Phi) is 11.0. The zero-order valence-electron chi connectivity index (χ0n) is 1.93. The fraction of sp³-hybridized carbons (Fsp3) is 0. The normalized spacial score (nSPS) is 8.40. The van der Waals surface area contributed by atoms with Crippen LogP contribution < -0.4 is 0 Å². The van der Waals surface area contributed by atoms with Crippen LogP contribution in [-0.2, 0) is 1.24 Å². The Bertz CT molecular complexity index is 15.1. The molecule has 0 radical (unpaired) electrons. The Morgan fingerprint density at radius 1 is 1.20 bits per heavy atom. The van der Waals surface area contributed by atoms with Crippen LogP contribution >= 0.6 is 12.3 Å². The molecule has 0 spiro atoms. The molecule has 2 nitrogen and oxygen atoms in total. The van der Waals surface area contributed by atoms with E-state index in [1.165, 1.54) is 77.0 Å². The first kappa shape index (κ1) is 7.92. The molecule has 0 aliphatic rings. The SMILES string of the molecule is [Gd][O]S[O][Gd]. The second-order valence-electron chi connectivity index (χ2n) is 0.186. The molecule has 0 N–H and O–H groups in total. The first-order valence-corrected chi connectivity index (χ1v) is 3.14. The van der Waals surface area contributed by atoms with Crippen LogP contribution in [0.1, 0.15) is 0 Å². The summed E-state index contributed by atoms with van der Waals surface area (Å²) in [6.45, 7) is 0. The van der Waals surface area contributed by atoms with Gasteiger partial charge in [0.15, 0.2) is 0 Å². The maximum atomic E-state index is 4.42. The molecule has 0 aliphatic heterocycles. The molecule has 0 amide bonds. The third-order valence-electron chi connectivity index (χ3n) is 0.0481. The summed E-state index contributed by atoms with van der Waals surface area (Å²) in [6.07, 6.45) is 0. The quantitative estimate of drug-likeness (QED) is 0.653. The molecule has 0 unspecified atom stereocenters. The van der Waals surface area contributed by atoms with Crippen LogP contribution in [0.15, 0.2) is 0 Å². The van der Waals surface area contributed by atoms with E-state index in [9.17, 15) is 0 Å². The van der Waals surface area contributed by atoms with Crippen molar-refractivity contribution in [1.82, 2.24) is 0 Å². The predicted molar refractivity (Wildman–Crippen MR) is 9.76 cm³/mol. The van der Waals surface area contributed by atoms with Crippen LogP contribution in [0.4, 0.5) is 0 Å². The van der Waals surface area contributed by atoms with Gasteiger partial charge in [0.2, 0.25) is 0 Å². The van der Waals surface area contributed by atoms with E-state index < -0.39 is 0 Å². The van der Waals surface area contributed by atoms with Gasteiger partial charge in [0.05, 0.1) is 0 Å². The molecule has 5 heavy (non-hydrogen) atoms. The predicted octanol–water partition coefficient (Wildman–Crippen LogP) is 0.511. The molecule has 0 aliphatic carbocycles. The summed E-state index contributed by atoms with van der Waals surface area (Å²) in [5.41, 5.74) is 0. The summed E-state index contributed by atoms with van der Waals surface area (Å²) in [7, 11) is 0. The number of hydrogen-bond acceptors (Lipinski definition) is 3. The van der Waals surface area contributed by atoms with Crippen molar-refractivity contribution in [3.05, 3.63) is 0 Å². The van der Waals surface area contributed by atoms with Crippen LogP contribution in [0.2, 0.25) is 0 Å². The van der Waals surface area contributed by atoms with Gasteiger partial charge < -0.3 is 0 Å². The Morgan fingerprint density at radius 2 is 1.60 bits per heavy atom. The molecule has 0 bridgehead atoms. The van der Waals surface area contributed by atoms with Crippen molar-refractivity contribution in [2.45, 2.75) is 0 Å². The molecular weight excluding hydrogens is 379 g/mol. The second-order valence-corrected chi connectivity index (χ2v) is 2.83. The number of hydrogen-bond donors (Lipinski definition) is 0. The third-order valence-corrected chi connectivity index (χ3v) is 1.07. The van der Waals surface area contributed by atoms with E-state index in [1.807, 2.05) is 0 Å². The summed E-state index contributed by atoms with van der Waals surface area (Å²) in [6, 6.07) is 0. The van der Waals surface area contributed by atoms with Crippen molar-refractivity contribution >= 4 is 12.3 Å². The van der Waals surface area contributed by atoms with Gasteiger partial charge in [-0.3, -0.25) is 0 Å². The van der Waals surface area contributed by atoms with Gasteiger partial charge in [0.25, 0.3) is 0 Å². The summed E-state index contributed by atoms with van der Waals surface area (Å²) in [5, 5.41) is 0. The van der Waals surface area contributed by atoms with Crippen molar-refractivity contribution in [3.8, 4) is 0 Å². The first-order valence-electron chi connectivity index (χ1n) is 0.622. The van der Waals surface area contributed by atoms with Gasteiger partial charge in [0.1, 0.15) is 0 Å². The van der Waals surface area contributed by atoms with E-state index in [0.29, 0.717) is 0 Å². The van der Waals surface area contributed by atoms with Crippen LogP contribution in [0, 0.1) is 77.0 Å². The molecule has 0 aromatic heterocycles. The van der Waals surface area contributed by atoms with Gasteiger partial charge >= 0.3 is 90.5 Å². The van der Waals surface area contributed by atoms with Crippen LogP contribution in [0.25, 0.3) is 0 Å². The van der Waals surface area contributed by atoms with Crippen molar-refractivity contribution in [1.29, 1.82) is 0 Å². The van der Waals surface area contributed by atoms with E-state index in [1.54, 1.807) is 0 Å². The van der Waals surface area contributed by atoms with Crippen LogP contribution in [0.3, 0.4) is 0 Å². The zero-order valence-corrected chi connectivity index (χ0v) is 7.29. The molecule has 0 atom stereocenters. The van der Waals surface area contributed by atoms with E-state index in [2.05, 4.69) is 1.24 Å². The topological polar surface area (TPSA) is 18.5 Å².